The van der Waals surface area contributed by atoms with Gasteiger partial charge in [-0.25, -0.2) is 14.8 Å². The van der Waals surface area contributed by atoms with Crippen LogP contribution in [0.15, 0.2) is 45.6 Å². The molecule has 3 heterocycles. The lowest BCUT2D eigenvalue weighted by Crippen LogP contribution is -2.37. The lowest BCUT2D eigenvalue weighted by Gasteiger charge is -2.07. The fourth-order valence-corrected chi connectivity index (χ4v) is 3.93. The van der Waals surface area contributed by atoms with Crippen LogP contribution < -0.4 is 16.6 Å². The first-order valence-electron chi connectivity index (χ1n) is 9.83. The van der Waals surface area contributed by atoms with E-state index in [-0.39, 0.29) is 17.7 Å². The molecule has 0 atom stereocenters. The summed E-state index contributed by atoms with van der Waals surface area (Å²) in [5.41, 5.74) is 1.94. The SMILES string of the molecule is Cc1ccc(-c2csc(NC(=O)COC(=O)Cn3cnc4c3c(=O)n(C)c(=O)n4C)n2)cc1. The van der Waals surface area contributed by atoms with E-state index in [1.807, 2.05) is 36.6 Å². The molecule has 11 nitrogen and oxygen atoms in total. The van der Waals surface area contributed by atoms with Crippen molar-refractivity contribution in [2.75, 3.05) is 11.9 Å². The first-order chi connectivity index (χ1) is 15.7. The number of carbonyl (C=O) groups excluding carboxylic acids is 2. The summed E-state index contributed by atoms with van der Waals surface area (Å²) >= 11 is 1.26. The number of nitrogens with zero attached hydrogens (tertiary/aromatic N) is 5. The predicted molar refractivity (Wildman–Crippen MR) is 122 cm³/mol. The molecule has 0 saturated carbocycles. The molecule has 0 fully saturated rings. The van der Waals surface area contributed by atoms with E-state index in [9.17, 15) is 19.2 Å². The lowest BCUT2D eigenvalue weighted by molar-refractivity contribution is -0.147. The number of aryl methyl sites for hydroxylation is 2. The van der Waals surface area contributed by atoms with Crippen LogP contribution in [0.3, 0.4) is 0 Å². The second kappa shape index (κ2) is 8.82. The number of carbonyl (C=O) groups is 2. The fourth-order valence-electron chi connectivity index (χ4n) is 3.19. The molecule has 1 amide bonds. The summed E-state index contributed by atoms with van der Waals surface area (Å²) in [6.07, 6.45) is 1.27. The van der Waals surface area contributed by atoms with Gasteiger partial charge in [-0.15, -0.1) is 11.3 Å². The van der Waals surface area contributed by atoms with Gasteiger partial charge in [0.1, 0.15) is 6.54 Å². The average Bonchev–Trinajstić information content (AvgIpc) is 3.43. The predicted octanol–water partition coefficient (Wildman–Crippen LogP) is 1.05. The van der Waals surface area contributed by atoms with Gasteiger partial charge in [-0.1, -0.05) is 29.8 Å². The molecule has 1 N–H and O–H groups in total. The Morgan fingerprint density at radius 1 is 1.12 bits per heavy atom. The minimum atomic E-state index is -0.736. The maximum atomic E-state index is 12.4. The van der Waals surface area contributed by atoms with E-state index in [1.165, 1.54) is 40.9 Å². The normalized spacial score (nSPS) is 11.0. The summed E-state index contributed by atoms with van der Waals surface area (Å²) in [4.78, 5) is 57.2. The summed E-state index contributed by atoms with van der Waals surface area (Å²) in [6.45, 7) is 1.14. The van der Waals surface area contributed by atoms with E-state index in [1.54, 1.807) is 0 Å². The Morgan fingerprint density at radius 3 is 2.58 bits per heavy atom. The summed E-state index contributed by atoms with van der Waals surface area (Å²) in [5, 5.41) is 4.81. The largest absolute Gasteiger partial charge is 0.454 e. The minimum Gasteiger partial charge on any atom is -0.454 e. The van der Waals surface area contributed by atoms with E-state index in [0.29, 0.717) is 5.13 Å². The Labute approximate surface area is 190 Å². The number of fused-ring (bicyclic) bond motifs is 1. The number of hydrogen-bond acceptors (Lipinski definition) is 8. The van der Waals surface area contributed by atoms with E-state index in [4.69, 9.17) is 4.74 Å². The number of esters is 1. The Balaban J connectivity index is 1.37. The molecule has 3 aromatic heterocycles. The van der Waals surface area contributed by atoms with E-state index < -0.39 is 29.7 Å². The van der Waals surface area contributed by atoms with Crippen molar-refractivity contribution < 1.29 is 14.3 Å². The lowest BCUT2D eigenvalue weighted by atomic mass is 10.1. The molecule has 33 heavy (non-hydrogen) atoms. The number of ether oxygens (including phenoxy) is 1. The van der Waals surface area contributed by atoms with Crippen LogP contribution >= 0.6 is 11.3 Å². The monoisotopic (exact) mass is 468 g/mol. The highest BCUT2D eigenvalue weighted by atomic mass is 32.1. The zero-order valence-corrected chi connectivity index (χ0v) is 18.9. The van der Waals surface area contributed by atoms with Gasteiger partial charge < -0.3 is 9.30 Å². The Hall–Kier alpha value is -4.06. The van der Waals surface area contributed by atoms with Gasteiger partial charge in [-0.05, 0) is 6.92 Å². The van der Waals surface area contributed by atoms with Crippen molar-refractivity contribution in [1.82, 2.24) is 23.7 Å². The van der Waals surface area contributed by atoms with Crippen molar-refractivity contribution in [2.24, 2.45) is 14.1 Å². The van der Waals surface area contributed by atoms with Crippen molar-refractivity contribution >= 4 is 39.5 Å². The summed E-state index contributed by atoms with van der Waals surface area (Å²) in [5.74, 6) is -1.28. The summed E-state index contributed by atoms with van der Waals surface area (Å²) in [6, 6.07) is 7.85. The highest BCUT2D eigenvalue weighted by Gasteiger charge is 2.17. The van der Waals surface area contributed by atoms with Gasteiger partial charge in [-0.3, -0.25) is 28.8 Å². The number of benzene rings is 1. The van der Waals surface area contributed by atoms with E-state index in [0.717, 1.165) is 21.4 Å². The minimum absolute atomic E-state index is 0.0902. The number of anilines is 1. The molecule has 12 heteroatoms. The van der Waals surface area contributed by atoms with Crippen LogP contribution in [0.5, 0.6) is 0 Å². The molecule has 0 aliphatic carbocycles. The maximum absolute atomic E-state index is 12.4. The second-order valence-electron chi connectivity index (χ2n) is 7.36. The van der Waals surface area contributed by atoms with E-state index in [2.05, 4.69) is 15.3 Å². The third-order valence-electron chi connectivity index (χ3n) is 4.98. The average molecular weight is 468 g/mol. The Bertz CT molecular complexity index is 1480. The molecule has 0 radical (unpaired) electrons. The van der Waals surface area contributed by atoms with Crippen LogP contribution in [0.1, 0.15) is 5.56 Å². The number of aromatic nitrogens is 5. The van der Waals surface area contributed by atoms with Crippen molar-refractivity contribution in [2.45, 2.75) is 13.5 Å². The zero-order chi connectivity index (χ0) is 23.7. The molecular formula is C21H20N6O5S. The van der Waals surface area contributed by atoms with Gasteiger partial charge in [0, 0.05) is 25.0 Å². The molecule has 4 rings (SSSR count). The van der Waals surface area contributed by atoms with E-state index >= 15 is 0 Å². The number of imidazole rings is 1. The van der Waals surface area contributed by atoms with Crippen LogP contribution in [-0.4, -0.2) is 42.2 Å². The highest BCUT2D eigenvalue weighted by Crippen LogP contribution is 2.25. The Kier molecular flexibility index (Phi) is 5.92. The molecule has 0 saturated heterocycles. The molecule has 0 spiro atoms. The molecule has 4 aromatic rings. The van der Waals surface area contributed by atoms with Crippen LogP contribution in [-0.2, 0) is 35.0 Å². The number of nitrogens with one attached hydrogen (secondary N) is 1. The van der Waals surface area contributed by atoms with Gasteiger partial charge >= 0.3 is 11.7 Å². The third-order valence-corrected chi connectivity index (χ3v) is 5.74. The maximum Gasteiger partial charge on any atom is 0.332 e. The first kappa shape index (κ1) is 22.1. The van der Waals surface area contributed by atoms with Gasteiger partial charge in [0.25, 0.3) is 11.5 Å². The molecule has 0 aliphatic rings. The standard InChI is InChI=1S/C21H20N6O5S/c1-12-4-6-13(7-5-12)14-10-33-20(23-14)24-15(28)9-32-16(29)8-27-11-22-18-17(27)19(30)26(3)21(31)25(18)2/h4-7,10-11H,8-9H2,1-3H3,(H,23,24,28). The number of rotatable bonds is 6. The molecule has 0 unspecified atom stereocenters. The molecule has 1 aromatic carbocycles. The quantitative estimate of drug-likeness (QED) is 0.419. The van der Waals surface area contributed by atoms with Crippen molar-refractivity contribution in [3.63, 3.8) is 0 Å². The third kappa shape index (κ3) is 4.46. The Morgan fingerprint density at radius 2 is 1.85 bits per heavy atom. The van der Waals surface area contributed by atoms with Crippen LogP contribution in [0.25, 0.3) is 22.4 Å². The van der Waals surface area contributed by atoms with Gasteiger partial charge in [0.2, 0.25) is 0 Å². The molecular weight excluding hydrogens is 448 g/mol. The zero-order valence-electron chi connectivity index (χ0n) is 18.1. The summed E-state index contributed by atoms with van der Waals surface area (Å²) < 4.78 is 8.45. The second-order valence-corrected chi connectivity index (χ2v) is 8.22. The topological polar surface area (TPSA) is 130 Å². The van der Waals surface area contributed by atoms with Gasteiger partial charge in [-0.2, -0.15) is 0 Å². The summed E-state index contributed by atoms with van der Waals surface area (Å²) in [7, 11) is 2.82. The first-order valence-corrected chi connectivity index (χ1v) is 10.7. The van der Waals surface area contributed by atoms with Crippen molar-refractivity contribution in [3.8, 4) is 11.3 Å². The number of hydrogen-bond donors (Lipinski definition) is 1. The molecule has 170 valence electrons. The number of thiazole rings is 1. The van der Waals surface area contributed by atoms with Crippen LogP contribution in [0.2, 0.25) is 0 Å². The van der Waals surface area contributed by atoms with Gasteiger partial charge in [0.05, 0.1) is 12.0 Å². The van der Waals surface area contributed by atoms with Crippen LogP contribution in [0, 0.1) is 6.92 Å². The van der Waals surface area contributed by atoms with Crippen LogP contribution in [0.4, 0.5) is 5.13 Å². The number of amides is 1. The smallest absolute Gasteiger partial charge is 0.332 e. The van der Waals surface area contributed by atoms with Gasteiger partial charge in [0.15, 0.2) is 22.9 Å². The fraction of sp³-hybridized carbons (Fsp3) is 0.238. The highest BCUT2D eigenvalue weighted by molar-refractivity contribution is 7.14. The molecule has 0 aliphatic heterocycles. The van der Waals surface area contributed by atoms with Crippen molar-refractivity contribution in [3.05, 3.63) is 62.4 Å². The van der Waals surface area contributed by atoms with Crippen molar-refractivity contribution in [1.29, 1.82) is 0 Å². The molecule has 0 bridgehead atoms.